The van der Waals surface area contributed by atoms with Crippen molar-refractivity contribution in [3.05, 3.63) is 0 Å². The van der Waals surface area contributed by atoms with Crippen LogP contribution < -0.4 is 5.73 Å². The molecule has 2 N–H and O–H groups in total. The number of nitrogens with two attached hydrogens (primary N) is 1. The van der Waals surface area contributed by atoms with E-state index in [1.807, 2.05) is 0 Å². The Hall–Kier alpha value is -1.44. The van der Waals surface area contributed by atoms with Crippen LogP contribution in [-0.4, -0.2) is 54.7 Å². The molecule has 1 aliphatic rings. The van der Waals surface area contributed by atoms with Crippen LogP contribution in [0.25, 0.3) is 0 Å². The van der Waals surface area contributed by atoms with Crippen molar-refractivity contribution in [3.63, 3.8) is 0 Å². The van der Waals surface area contributed by atoms with Crippen molar-refractivity contribution in [1.29, 1.82) is 0 Å². The third kappa shape index (κ3) is 7.13. The van der Waals surface area contributed by atoms with Crippen molar-refractivity contribution in [1.82, 2.24) is 4.90 Å². The van der Waals surface area contributed by atoms with Gasteiger partial charge < -0.3 is 15.2 Å². The average molecular weight is 364 g/mol. The highest BCUT2D eigenvalue weighted by Crippen LogP contribution is 2.32. The van der Waals surface area contributed by atoms with Crippen LogP contribution in [0.3, 0.4) is 0 Å². The summed E-state index contributed by atoms with van der Waals surface area (Å²) in [6, 6.07) is -0.727. The molecule has 1 amide bonds. The van der Waals surface area contributed by atoms with E-state index in [0.717, 1.165) is 0 Å². The molecule has 0 bridgehead atoms. The summed E-state index contributed by atoms with van der Waals surface area (Å²) in [5.41, 5.74) is 4.51. The molecule has 0 saturated carbocycles. The highest BCUT2D eigenvalue weighted by Gasteiger charge is 2.42. The molecule has 1 aliphatic heterocycles. The number of likely N-dealkylation sites (tertiary alicyclic amines) is 1. The number of carbonyl (C=O) groups is 2. The van der Waals surface area contributed by atoms with Crippen LogP contribution in [0.2, 0.25) is 0 Å². The standard InChI is InChI=1S/C17H30F2N2O4/c1-16(2,3)25-15(23)21-11-12(10-13(21)14(22)24-4)6-5-7-17(18,19)8-9-20/h12-13H,5-11,20H2,1-4H3/t12-,13+/m1/s1. The molecule has 1 heterocycles. The second-order valence-electron chi connectivity index (χ2n) is 7.56. The number of carbonyl (C=O) groups excluding carboxylic acids is 2. The highest BCUT2D eigenvalue weighted by atomic mass is 19.3. The average Bonchev–Trinajstić information content (AvgIpc) is 2.88. The minimum Gasteiger partial charge on any atom is -0.467 e. The fourth-order valence-electron chi connectivity index (χ4n) is 3.00. The van der Waals surface area contributed by atoms with Gasteiger partial charge in [0.05, 0.1) is 7.11 Å². The topological polar surface area (TPSA) is 81.9 Å². The lowest BCUT2D eigenvalue weighted by Gasteiger charge is -2.27. The molecule has 0 aliphatic carbocycles. The lowest BCUT2D eigenvalue weighted by molar-refractivity contribution is -0.145. The predicted molar refractivity (Wildman–Crippen MR) is 89.3 cm³/mol. The summed E-state index contributed by atoms with van der Waals surface area (Å²) in [5, 5.41) is 0. The number of hydrogen-bond donors (Lipinski definition) is 1. The van der Waals surface area contributed by atoms with E-state index in [-0.39, 0.29) is 25.3 Å². The molecule has 1 fully saturated rings. The van der Waals surface area contributed by atoms with E-state index in [1.54, 1.807) is 20.8 Å². The van der Waals surface area contributed by atoms with Gasteiger partial charge in [-0.2, -0.15) is 0 Å². The first kappa shape index (κ1) is 21.6. The molecule has 2 atom stereocenters. The molecule has 1 rings (SSSR count). The molecule has 0 spiro atoms. The molecule has 6 nitrogen and oxygen atoms in total. The van der Waals surface area contributed by atoms with Gasteiger partial charge in [-0.1, -0.05) is 0 Å². The summed E-state index contributed by atoms with van der Waals surface area (Å²) in [5.74, 6) is -3.31. The van der Waals surface area contributed by atoms with Crippen LogP contribution in [-0.2, 0) is 14.3 Å². The van der Waals surface area contributed by atoms with Crippen LogP contribution in [0.4, 0.5) is 13.6 Å². The maximum atomic E-state index is 13.5. The second-order valence-corrected chi connectivity index (χ2v) is 7.56. The number of alkyl halides is 2. The Morgan fingerprint density at radius 2 is 1.88 bits per heavy atom. The van der Waals surface area contributed by atoms with Crippen LogP contribution >= 0.6 is 0 Å². The summed E-state index contributed by atoms with van der Waals surface area (Å²) >= 11 is 0. The van der Waals surface area contributed by atoms with E-state index in [0.29, 0.717) is 25.8 Å². The molecule has 146 valence electrons. The van der Waals surface area contributed by atoms with E-state index in [1.165, 1.54) is 12.0 Å². The zero-order valence-corrected chi connectivity index (χ0v) is 15.5. The normalized spacial score (nSPS) is 21.3. The van der Waals surface area contributed by atoms with Crippen LogP contribution in [0, 0.1) is 5.92 Å². The van der Waals surface area contributed by atoms with E-state index < -0.39 is 29.6 Å². The number of hydrogen-bond acceptors (Lipinski definition) is 5. The first-order valence-electron chi connectivity index (χ1n) is 8.64. The number of rotatable bonds is 7. The van der Waals surface area contributed by atoms with Gasteiger partial charge in [-0.25, -0.2) is 18.4 Å². The summed E-state index contributed by atoms with van der Waals surface area (Å²) < 4.78 is 37.1. The first-order valence-corrected chi connectivity index (χ1v) is 8.64. The maximum absolute atomic E-state index is 13.5. The Bertz CT molecular complexity index is 466. The lowest BCUT2D eigenvalue weighted by atomic mass is 9.97. The van der Waals surface area contributed by atoms with Gasteiger partial charge in [0.15, 0.2) is 0 Å². The molecule has 1 saturated heterocycles. The van der Waals surface area contributed by atoms with Crippen molar-refractivity contribution in [3.8, 4) is 0 Å². The number of ether oxygens (including phenoxy) is 2. The molecule has 0 aromatic rings. The summed E-state index contributed by atoms with van der Waals surface area (Å²) in [6.07, 6.45) is 0.0660. The fourth-order valence-corrected chi connectivity index (χ4v) is 3.00. The minimum atomic E-state index is -2.76. The molecule has 25 heavy (non-hydrogen) atoms. The van der Waals surface area contributed by atoms with Gasteiger partial charge >= 0.3 is 12.1 Å². The van der Waals surface area contributed by atoms with Gasteiger partial charge in [-0.3, -0.25) is 4.90 Å². The van der Waals surface area contributed by atoms with E-state index in [2.05, 4.69) is 0 Å². The quantitative estimate of drug-likeness (QED) is 0.703. The maximum Gasteiger partial charge on any atom is 0.411 e. The van der Waals surface area contributed by atoms with Crippen molar-refractivity contribution >= 4 is 12.1 Å². The van der Waals surface area contributed by atoms with Gasteiger partial charge in [-0.05, 0) is 52.5 Å². The molecule has 0 aromatic heterocycles. The number of nitrogens with zero attached hydrogens (tertiary/aromatic N) is 1. The third-order valence-corrected chi connectivity index (χ3v) is 4.15. The SMILES string of the molecule is COC(=O)[C@@H]1C[C@@H](CCCC(F)(F)CCN)CN1C(=O)OC(C)(C)C. The molecule has 0 radical (unpaired) electrons. The van der Waals surface area contributed by atoms with Crippen LogP contribution in [0.5, 0.6) is 0 Å². The third-order valence-electron chi connectivity index (χ3n) is 4.15. The first-order chi connectivity index (χ1) is 11.5. The monoisotopic (exact) mass is 364 g/mol. The zero-order chi connectivity index (χ0) is 19.3. The number of methoxy groups -OCH3 is 1. The fraction of sp³-hybridized carbons (Fsp3) is 0.882. The summed E-state index contributed by atoms with van der Waals surface area (Å²) in [6.45, 7) is 5.48. The molecule has 8 heteroatoms. The Labute approximate surface area is 148 Å². The summed E-state index contributed by atoms with van der Waals surface area (Å²) in [4.78, 5) is 25.6. The zero-order valence-electron chi connectivity index (χ0n) is 15.5. The Morgan fingerprint density at radius 3 is 2.40 bits per heavy atom. The van der Waals surface area contributed by atoms with Crippen molar-refractivity contribution in [2.24, 2.45) is 11.7 Å². The smallest absolute Gasteiger partial charge is 0.411 e. The van der Waals surface area contributed by atoms with Gasteiger partial charge in [0.25, 0.3) is 0 Å². The number of halogens is 2. The number of amides is 1. The highest BCUT2D eigenvalue weighted by molar-refractivity contribution is 5.82. The molecule has 0 unspecified atom stereocenters. The van der Waals surface area contributed by atoms with Gasteiger partial charge in [0.2, 0.25) is 5.92 Å². The van der Waals surface area contributed by atoms with Crippen LogP contribution in [0.15, 0.2) is 0 Å². The van der Waals surface area contributed by atoms with Crippen LogP contribution in [0.1, 0.15) is 52.9 Å². The van der Waals surface area contributed by atoms with Crippen molar-refractivity contribution < 1.29 is 27.8 Å². The van der Waals surface area contributed by atoms with Gasteiger partial charge in [0.1, 0.15) is 11.6 Å². The predicted octanol–water partition coefficient (Wildman–Crippen LogP) is 2.94. The van der Waals surface area contributed by atoms with E-state index >= 15 is 0 Å². The molecule has 0 aromatic carbocycles. The lowest BCUT2D eigenvalue weighted by Crippen LogP contribution is -2.43. The van der Waals surface area contributed by atoms with E-state index in [4.69, 9.17) is 15.2 Å². The molecular weight excluding hydrogens is 334 g/mol. The van der Waals surface area contributed by atoms with Crippen molar-refractivity contribution in [2.75, 3.05) is 20.2 Å². The minimum absolute atomic E-state index is 0.0368. The van der Waals surface area contributed by atoms with Crippen molar-refractivity contribution in [2.45, 2.75) is 70.4 Å². The van der Waals surface area contributed by atoms with Gasteiger partial charge in [0, 0.05) is 19.4 Å². The largest absolute Gasteiger partial charge is 0.467 e. The number of esters is 1. The Balaban J connectivity index is 2.64. The Kier molecular flexibility index (Phi) is 7.59. The second kappa shape index (κ2) is 8.78. The molecular formula is C17H30F2N2O4. The van der Waals surface area contributed by atoms with Gasteiger partial charge in [-0.15, -0.1) is 0 Å². The van der Waals surface area contributed by atoms with E-state index in [9.17, 15) is 18.4 Å². The Morgan fingerprint density at radius 1 is 1.24 bits per heavy atom. The summed E-state index contributed by atoms with van der Waals surface area (Å²) in [7, 11) is 1.26.